The maximum absolute atomic E-state index is 12.6. The minimum Gasteiger partial charge on any atom is -0.389 e. The van der Waals surface area contributed by atoms with E-state index in [0.29, 0.717) is 19.5 Å². The maximum atomic E-state index is 12.6. The molecule has 0 saturated carbocycles. The van der Waals surface area contributed by atoms with Crippen LogP contribution in [0, 0.1) is 6.92 Å². The summed E-state index contributed by atoms with van der Waals surface area (Å²) >= 11 is 3.42. The van der Waals surface area contributed by atoms with Crippen LogP contribution >= 0.6 is 15.9 Å². The second-order valence-corrected chi connectivity index (χ2v) is 8.19. The number of Topliss-reactive ketones (excluding diaryl/α,β-unsaturated/α-hetero) is 1. The molecule has 0 amide bonds. The van der Waals surface area contributed by atoms with E-state index < -0.39 is 6.10 Å². The molecule has 2 aromatic carbocycles. The lowest BCUT2D eigenvalue weighted by Crippen LogP contribution is -2.27. The van der Waals surface area contributed by atoms with Crippen molar-refractivity contribution in [2.45, 2.75) is 38.8 Å². The molecule has 1 atom stereocenters. The molecule has 140 valence electrons. The molecule has 0 radical (unpaired) electrons. The smallest absolute Gasteiger partial charge is 0.179 e. The van der Waals surface area contributed by atoms with Crippen LogP contribution in [0.4, 0.5) is 5.69 Å². The predicted octanol–water partition coefficient (Wildman–Crippen LogP) is 4.70. The molecule has 0 spiro atoms. The van der Waals surface area contributed by atoms with E-state index in [1.807, 2.05) is 28.8 Å². The van der Waals surface area contributed by atoms with Crippen LogP contribution < -0.4 is 5.32 Å². The normalized spacial score (nSPS) is 15.0. The van der Waals surface area contributed by atoms with Gasteiger partial charge in [-0.05, 0) is 61.7 Å². The SMILES string of the molecule is Cc1ccc2c(c1)c1c(n2CC(O)CNc2ccc(Br)cc2)C(=O)CCC1. The number of hydrogen-bond acceptors (Lipinski definition) is 3. The molecule has 1 aliphatic carbocycles. The van der Waals surface area contributed by atoms with Crippen molar-refractivity contribution in [3.8, 4) is 0 Å². The Labute approximate surface area is 167 Å². The molecule has 3 aromatic rings. The number of hydrogen-bond donors (Lipinski definition) is 2. The van der Waals surface area contributed by atoms with E-state index in [9.17, 15) is 9.90 Å². The third kappa shape index (κ3) is 3.66. The third-order valence-corrected chi connectivity index (χ3v) is 5.73. The van der Waals surface area contributed by atoms with E-state index in [0.717, 1.165) is 45.2 Å². The third-order valence-electron chi connectivity index (χ3n) is 5.20. The van der Waals surface area contributed by atoms with Gasteiger partial charge in [-0.15, -0.1) is 0 Å². The van der Waals surface area contributed by atoms with Gasteiger partial charge in [0.05, 0.1) is 18.3 Å². The molecule has 5 heteroatoms. The zero-order valence-corrected chi connectivity index (χ0v) is 16.9. The molecule has 1 aromatic heterocycles. The summed E-state index contributed by atoms with van der Waals surface area (Å²) in [5.74, 6) is 0.193. The van der Waals surface area contributed by atoms with E-state index >= 15 is 0 Å². The summed E-state index contributed by atoms with van der Waals surface area (Å²) < 4.78 is 3.05. The van der Waals surface area contributed by atoms with Gasteiger partial charge in [0.15, 0.2) is 5.78 Å². The Balaban J connectivity index is 1.60. The van der Waals surface area contributed by atoms with Gasteiger partial charge in [-0.2, -0.15) is 0 Å². The van der Waals surface area contributed by atoms with Gasteiger partial charge in [0, 0.05) is 34.0 Å². The number of halogens is 1. The average Bonchev–Trinajstić information content (AvgIpc) is 2.95. The van der Waals surface area contributed by atoms with Crippen molar-refractivity contribution >= 4 is 38.3 Å². The van der Waals surface area contributed by atoms with E-state index in [1.54, 1.807) is 0 Å². The number of nitrogens with zero attached hydrogens (tertiary/aromatic N) is 1. The molecular weight excluding hydrogens is 404 g/mol. The highest BCUT2D eigenvalue weighted by Gasteiger charge is 2.26. The number of carbonyl (C=O) groups is 1. The Morgan fingerprint density at radius 2 is 1.96 bits per heavy atom. The molecule has 1 heterocycles. The number of aliphatic hydroxyl groups excluding tert-OH is 1. The average molecular weight is 427 g/mol. The fourth-order valence-corrected chi connectivity index (χ4v) is 4.19. The van der Waals surface area contributed by atoms with Gasteiger partial charge >= 0.3 is 0 Å². The van der Waals surface area contributed by atoms with Crippen LogP contribution in [0.2, 0.25) is 0 Å². The van der Waals surface area contributed by atoms with Crippen LogP contribution in [-0.4, -0.2) is 28.1 Å². The summed E-state index contributed by atoms with van der Waals surface area (Å²) in [5.41, 5.74) is 5.15. The number of rotatable bonds is 5. The quantitative estimate of drug-likeness (QED) is 0.621. The van der Waals surface area contributed by atoms with E-state index in [-0.39, 0.29) is 5.78 Å². The van der Waals surface area contributed by atoms with Crippen LogP contribution in [0.5, 0.6) is 0 Å². The van der Waals surface area contributed by atoms with Crippen molar-refractivity contribution in [1.29, 1.82) is 0 Å². The fraction of sp³-hybridized carbons (Fsp3) is 0.318. The van der Waals surface area contributed by atoms with Crippen LogP contribution in [0.15, 0.2) is 46.9 Å². The number of fused-ring (bicyclic) bond motifs is 3. The molecule has 1 aliphatic rings. The lowest BCUT2D eigenvalue weighted by atomic mass is 9.94. The van der Waals surface area contributed by atoms with Gasteiger partial charge in [-0.25, -0.2) is 0 Å². The summed E-state index contributed by atoms with van der Waals surface area (Å²) in [4.78, 5) is 12.6. The lowest BCUT2D eigenvalue weighted by Gasteiger charge is -2.18. The van der Waals surface area contributed by atoms with Crippen LogP contribution in [0.1, 0.15) is 34.5 Å². The summed E-state index contributed by atoms with van der Waals surface area (Å²) in [6.45, 7) is 2.91. The summed E-state index contributed by atoms with van der Waals surface area (Å²) in [6.07, 6.45) is 1.84. The highest BCUT2D eigenvalue weighted by molar-refractivity contribution is 9.10. The van der Waals surface area contributed by atoms with E-state index in [4.69, 9.17) is 0 Å². The van der Waals surface area contributed by atoms with Gasteiger partial charge in [-0.3, -0.25) is 4.79 Å². The van der Waals surface area contributed by atoms with Crippen molar-refractivity contribution in [2.75, 3.05) is 11.9 Å². The van der Waals surface area contributed by atoms with Crippen molar-refractivity contribution in [3.63, 3.8) is 0 Å². The highest BCUT2D eigenvalue weighted by atomic mass is 79.9. The maximum Gasteiger partial charge on any atom is 0.179 e. The zero-order valence-electron chi connectivity index (χ0n) is 15.3. The first-order chi connectivity index (χ1) is 13.0. The first-order valence-electron chi connectivity index (χ1n) is 9.35. The lowest BCUT2D eigenvalue weighted by molar-refractivity contribution is 0.0958. The van der Waals surface area contributed by atoms with Gasteiger partial charge < -0.3 is 15.0 Å². The topological polar surface area (TPSA) is 54.3 Å². The minimum absolute atomic E-state index is 0.193. The number of aliphatic hydroxyl groups is 1. The van der Waals surface area contributed by atoms with Crippen LogP contribution in [-0.2, 0) is 13.0 Å². The molecule has 27 heavy (non-hydrogen) atoms. The van der Waals surface area contributed by atoms with Gasteiger partial charge in [-0.1, -0.05) is 27.6 Å². The largest absolute Gasteiger partial charge is 0.389 e. The molecule has 4 rings (SSSR count). The Bertz CT molecular complexity index is 992. The molecule has 0 saturated heterocycles. The molecule has 0 fully saturated rings. The number of nitrogens with one attached hydrogen (secondary N) is 1. The van der Waals surface area contributed by atoms with E-state index in [2.05, 4.69) is 46.4 Å². The molecule has 0 bridgehead atoms. The predicted molar refractivity (Wildman–Crippen MR) is 113 cm³/mol. The molecule has 0 aliphatic heterocycles. The highest BCUT2D eigenvalue weighted by Crippen LogP contribution is 2.33. The monoisotopic (exact) mass is 426 g/mol. The first-order valence-corrected chi connectivity index (χ1v) is 10.1. The van der Waals surface area contributed by atoms with Crippen LogP contribution in [0.25, 0.3) is 10.9 Å². The molecule has 1 unspecified atom stereocenters. The number of aryl methyl sites for hydroxylation is 2. The van der Waals surface area contributed by atoms with Crippen molar-refractivity contribution in [2.24, 2.45) is 0 Å². The zero-order chi connectivity index (χ0) is 19.0. The summed E-state index contributed by atoms with van der Waals surface area (Å²) in [7, 11) is 0. The van der Waals surface area contributed by atoms with Gasteiger partial charge in [0.25, 0.3) is 0 Å². The van der Waals surface area contributed by atoms with Crippen molar-refractivity contribution in [1.82, 2.24) is 4.57 Å². The van der Waals surface area contributed by atoms with E-state index in [1.165, 1.54) is 5.56 Å². The van der Waals surface area contributed by atoms with Crippen molar-refractivity contribution in [3.05, 3.63) is 63.8 Å². The second kappa shape index (κ2) is 7.49. The minimum atomic E-state index is -0.593. The molecule has 2 N–H and O–H groups in total. The summed E-state index contributed by atoms with van der Waals surface area (Å²) in [6, 6.07) is 14.2. The molecular formula is C22H23BrN2O2. The Morgan fingerprint density at radius 3 is 2.74 bits per heavy atom. The number of benzene rings is 2. The fourth-order valence-electron chi connectivity index (χ4n) is 3.92. The van der Waals surface area contributed by atoms with Crippen LogP contribution in [0.3, 0.4) is 0 Å². The van der Waals surface area contributed by atoms with Gasteiger partial charge in [0.2, 0.25) is 0 Å². The number of ketones is 1. The van der Waals surface area contributed by atoms with Gasteiger partial charge in [0.1, 0.15) is 0 Å². The molecule has 4 nitrogen and oxygen atoms in total. The number of anilines is 1. The second-order valence-electron chi connectivity index (χ2n) is 7.28. The Morgan fingerprint density at radius 1 is 1.19 bits per heavy atom. The number of aromatic nitrogens is 1. The number of carbonyl (C=O) groups excluding carboxylic acids is 1. The Kier molecular flexibility index (Phi) is 5.06. The van der Waals surface area contributed by atoms with Crippen molar-refractivity contribution < 1.29 is 9.90 Å². The standard InChI is InChI=1S/C22H23BrN2O2/c1-14-5-10-20-19(11-14)18-3-2-4-21(27)22(18)25(20)13-17(26)12-24-16-8-6-15(23)7-9-16/h5-11,17,24,26H,2-4,12-13H2,1H3. The Hall–Kier alpha value is -2.11. The first kappa shape index (κ1) is 18.3. The summed E-state index contributed by atoms with van der Waals surface area (Å²) in [5, 5.41) is 15.1.